The molecule has 0 unspecified atom stereocenters. The molecule has 0 fully saturated rings. The van der Waals surface area contributed by atoms with E-state index in [9.17, 15) is 0 Å². The average molecular weight is 788 g/mol. The molecule has 13 heavy (non-hydrogen) atoms. The Hall–Kier alpha value is 3.20. The number of hydrogen-bond donors (Lipinski definition) is 0. The van der Waals surface area contributed by atoms with Crippen LogP contribution in [0.5, 0.6) is 0 Å². The van der Waals surface area contributed by atoms with Crippen LogP contribution in [0.1, 0.15) is 0 Å². The first-order chi connectivity index (χ1) is 5.37. The van der Waals surface area contributed by atoms with E-state index >= 15 is 0 Å². The Morgan fingerprint density at radius 2 is 0.615 bits per heavy atom. The number of rotatable bonds is 3. The van der Waals surface area contributed by atoms with E-state index in [-0.39, 0.29) is 0 Å². The molecular formula is C9H27PPb3. The molecule has 0 aliphatic carbocycles. The van der Waals surface area contributed by atoms with Gasteiger partial charge in [0, 0.05) is 0 Å². The van der Waals surface area contributed by atoms with Crippen molar-refractivity contribution in [2.24, 2.45) is 0 Å². The molecule has 0 aromatic rings. The van der Waals surface area contributed by atoms with E-state index in [1.165, 1.54) is 0 Å². The molecule has 0 nitrogen and oxygen atoms in total. The predicted molar refractivity (Wildman–Crippen MR) is 77.0 cm³/mol. The molecule has 0 amide bonds. The van der Waals surface area contributed by atoms with Crippen LogP contribution in [-0.4, -0.2) is 61.7 Å². The summed E-state index contributed by atoms with van der Waals surface area (Å²) >= 11 is -4.98. The minimum atomic E-state index is -1.66. The molecule has 0 aromatic carbocycles. The monoisotopic (exact) mass is 790 g/mol. The van der Waals surface area contributed by atoms with Crippen molar-refractivity contribution in [3.05, 3.63) is 0 Å². The minimum absolute atomic E-state index is 0.683. The van der Waals surface area contributed by atoms with Crippen LogP contribution in [0.3, 0.4) is 0 Å². The zero-order valence-corrected chi connectivity index (χ0v) is 23.5. The molecule has 0 saturated heterocycles. The Bertz CT molecular complexity index is 137. The predicted octanol–water partition coefficient (Wildman–Crippen LogP) is 4.97. The van der Waals surface area contributed by atoms with Crippen molar-refractivity contribution in [1.82, 2.24) is 0 Å². The Kier molecular flexibility index (Phi) is 6.52. The Labute approximate surface area is 99.0 Å². The van der Waals surface area contributed by atoms with E-state index in [1.54, 1.807) is 0 Å². The fraction of sp³-hybridized carbons (Fsp3) is 1.00. The van der Waals surface area contributed by atoms with Gasteiger partial charge in [-0.25, -0.2) is 0 Å². The molecule has 0 heterocycles. The van der Waals surface area contributed by atoms with Gasteiger partial charge in [-0.15, -0.1) is 0 Å². The van der Waals surface area contributed by atoms with E-state index in [4.69, 9.17) is 0 Å². The summed E-state index contributed by atoms with van der Waals surface area (Å²) in [6, 6.07) is 0. The molecule has 0 saturated carbocycles. The van der Waals surface area contributed by atoms with Gasteiger partial charge in [-0.1, -0.05) is 0 Å². The van der Waals surface area contributed by atoms with Crippen molar-refractivity contribution in [1.29, 1.82) is 0 Å². The average Bonchev–Trinajstić information content (AvgIpc) is 1.44. The zero-order chi connectivity index (χ0) is 11.1. The van der Waals surface area contributed by atoms with Crippen molar-refractivity contribution >= 4 is 61.0 Å². The van der Waals surface area contributed by atoms with Crippen LogP contribution in [0.25, 0.3) is 0 Å². The molecule has 0 rings (SSSR count). The van der Waals surface area contributed by atoms with Crippen molar-refractivity contribution in [2.75, 3.05) is 0 Å². The van der Waals surface area contributed by atoms with Crippen molar-refractivity contribution < 1.29 is 0 Å². The summed E-state index contributed by atoms with van der Waals surface area (Å²) in [6.45, 7) is 0. The second-order valence-electron chi connectivity index (χ2n) is 6.85. The van der Waals surface area contributed by atoms with Gasteiger partial charge in [-0.2, -0.15) is 0 Å². The first kappa shape index (κ1) is 16.2. The van der Waals surface area contributed by atoms with E-state index in [2.05, 4.69) is 40.3 Å². The topological polar surface area (TPSA) is 0 Å². The Balaban J connectivity index is 5.02. The molecule has 0 bridgehead atoms. The summed E-state index contributed by atoms with van der Waals surface area (Å²) in [5, 5.41) is 0. The van der Waals surface area contributed by atoms with Crippen LogP contribution < -0.4 is 0 Å². The molecule has 0 atom stereocenters. The van der Waals surface area contributed by atoms with Crippen LogP contribution in [-0.2, 0) is 0 Å². The van der Waals surface area contributed by atoms with Gasteiger partial charge in [0.2, 0.25) is 0 Å². The molecule has 0 radical (unpaired) electrons. The van der Waals surface area contributed by atoms with Gasteiger partial charge < -0.3 is 0 Å². The van der Waals surface area contributed by atoms with E-state index in [0.717, 1.165) is 0 Å². The Morgan fingerprint density at radius 3 is 0.615 bits per heavy atom. The summed E-state index contributed by atoms with van der Waals surface area (Å²) in [4.78, 5) is 0. The van der Waals surface area contributed by atoms with Crippen LogP contribution >= 0.6 is -0.722 Å². The summed E-state index contributed by atoms with van der Waals surface area (Å²) in [5.41, 5.74) is 0. The van der Waals surface area contributed by atoms with Gasteiger partial charge in [-0.3, -0.25) is 0 Å². The first-order valence-electron chi connectivity index (χ1n) is 5.17. The van der Waals surface area contributed by atoms with Gasteiger partial charge in [0.15, 0.2) is 0 Å². The third kappa shape index (κ3) is 5.89. The Morgan fingerprint density at radius 1 is 0.462 bits per heavy atom. The van der Waals surface area contributed by atoms with Gasteiger partial charge in [-0.05, 0) is 0 Å². The maximum atomic E-state index is 2.72. The molecule has 0 aliphatic heterocycles. The number of hydrogen-bond acceptors (Lipinski definition) is 0. The van der Waals surface area contributed by atoms with Gasteiger partial charge in [0.1, 0.15) is 0 Å². The standard InChI is InChI=1S/9CH3.P.3Pb/h9*1H3;;;;. The third-order valence-electron chi connectivity index (χ3n) is 2.01. The normalized spacial score (nSPS) is 15.2. The van der Waals surface area contributed by atoms with Crippen LogP contribution in [0, 0.1) is 0 Å². The first-order valence-corrected chi connectivity index (χ1v) is 57.1. The molecule has 0 aliphatic rings. The third-order valence-corrected chi connectivity index (χ3v) is 465. The maximum absolute atomic E-state index is 2.72. The molecule has 0 aromatic heterocycles. The molecule has 4 heteroatoms. The quantitative estimate of drug-likeness (QED) is 0.280. The zero-order valence-electron chi connectivity index (χ0n) is 10.9. The molecular weight excluding hydrogens is 761 g/mol. The SMILES string of the molecule is [CH3][Pb]([CH3])([CH3])[P]([Pb]([CH3])([CH3])[CH3])[Pb]([CH3])([CH3])[CH3]. The van der Waals surface area contributed by atoms with E-state index in [1.807, 2.05) is 0 Å². The summed E-state index contributed by atoms with van der Waals surface area (Å²) in [7, 11) is 0. The summed E-state index contributed by atoms with van der Waals surface area (Å²) in [5.74, 6) is 0. The molecule has 80 valence electrons. The van der Waals surface area contributed by atoms with Crippen molar-refractivity contribution in [2.45, 2.75) is 40.3 Å². The van der Waals surface area contributed by atoms with Crippen molar-refractivity contribution in [3.63, 3.8) is 0 Å². The second kappa shape index (κ2) is 5.23. The van der Waals surface area contributed by atoms with E-state index < -0.39 is 61.7 Å². The summed E-state index contributed by atoms with van der Waals surface area (Å²) in [6.07, 6.45) is 0. The van der Waals surface area contributed by atoms with Crippen LogP contribution in [0.15, 0.2) is 0 Å². The summed E-state index contributed by atoms with van der Waals surface area (Å²) < 4.78 is 25.1. The molecule has 0 spiro atoms. The van der Waals surface area contributed by atoms with Crippen LogP contribution in [0.2, 0.25) is 40.3 Å². The van der Waals surface area contributed by atoms with Gasteiger partial charge in [0.05, 0.1) is 0 Å². The fourth-order valence-corrected chi connectivity index (χ4v) is 697. The van der Waals surface area contributed by atoms with Gasteiger partial charge >= 0.3 is 101 Å². The van der Waals surface area contributed by atoms with E-state index in [0.29, 0.717) is -0.722 Å². The van der Waals surface area contributed by atoms with Crippen molar-refractivity contribution in [3.8, 4) is 0 Å². The van der Waals surface area contributed by atoms with Gasteiger partial charge in [0.25, 0.3) is 0 Å². The molecule has 0 N–H and O–H groups in total. The second-order valence-corrected chi connectivity index (χ2v) is 170. The van der Waals surface area contributed by atoms with Crippen LogP contribution in [0.4, 0.5) is 0 Å². The fourth-order valence-electron chi connectivity index (χ4n) is 3.02.